The van der Waals surface area contributed by atoms with Crippen LogP contribution in [-0.4, -0.2) is 23.5 Å². The molecule has 4 nitrogen and oxygen atoms in total. The molecular formula is C13H21N3OS. The first kappa shape index (κ1) is 13.5. The van der Waals surface area contributed by atoms with E-state index >= 15 is 0 Å². The Labute approximate surface area is 112 Å². The number of nitrogens with one attached hydrogen (secondary N) is 2. The second kappa shape index (κ2) is 5.36. The third kappa shape index (κ3) is 2.90. The molecular weight excluding hydrogens is 246 g/mol. The highest BCUT2D eigenvalue weighted by molar-refractivity contribution is 7.09. The van der Waals surface area contributed by atoms with E-state index in [1.807, 2.05) is 19.2 Å². The van der Waals surface area contributed by atoms with Crippen molar-refractivity contribution in [1.29, 1.82) is 0 Å². The van der Waals surface area contributed by atoms with E-state index in [0.29, 0.717) is 5.92 Å². The third-order valence-corrected chi connectivity index (χ3v) is 4.55. The van der Waals surface area contributed by atoms with Crippen LogP contribution >= 0.6 is 11.3 Å². The predicted molar refractivity (Wildman–Crippen MR) is 73.5 cm³/mol. The quantitative estimate of drug-likeness (QED) is 0.879. The van der Waals surface area contributed by atoms with Crippen LogP contribution in [0.15, 0.2) is 11.6 Å². The molecule has 0 spiro atoms. The number of carbonyl (C=O) groups is 1. The second-order valence-corrected chi connectivity index (χ2v) is 6.40. The molecule has 2 heterocycles. The fraction of sp³-hybridized carbons (Fsp3) is 0.692. The molecule has 1 saturated heterocycles. The van der Waals surface area contributed by atoms with Gasteiger partial charge in [0, 0.05) is 11.6 Å². The molecule has 100 valence electrons. The van der Waals surface area contributed by atoms with Crippen molar-refractivity contribution in [3.05, 3.63) is 16.6 Å². The minimum atomic E-state index is -0.399. The molecule has 1 aromatic rings. The predicted octanol–water partition coefficient (Wildman–Crippen LogP) is 1.88. The van der Waals surface area contributed by atoms with Crippen LogP contribution in [0.2, 0.25) is 0 Å². The van der Waals surface area contributed by atoms with Crippen molar-refractivity contribution in [3.8, 4) is 0 Å². The highest BCUT2D eigenvalue weighted by Gasteiger charge is 2.32. The number of thiazole rings is 1. The lowest BCUT2D eigenvalue weighted by Crippen LogP contribution is -2.54. The van der Waals surface area contributed by atoms with Crippen molar-refractivity contribution < 1.29 is 4.79 Å². The largest absolute Gasteiger partial charge is 0.343 e. The van der Waals surface area contributed by atoms with E-state index < -0.39 is 5.54 Å². The van der Waals surface area contributed by atoms with Crippen LogP contribution in [0, 0.1) is 5.92 Å². The van der Waals surface area contributed by atoms with Crippen LogP contribution in [0.4, 0.5) is 0 Å². The molecule has 2 unspecified atom stereocenters. The van der Waals surface area contributed by atoms with Gasteiger partial charge < -0.3 is 10.6 Å². The minimum absolute atomic E-state index is 0.0713. The first-order chi connectivity index (χ1) is 8.50. The standard InChI is InChI=1S/C13H21N3OS/c1-9-5-4-6-14-10(9)11(17)16-13(2,3)12-15-7-8-18-12/h7-10,14H,4-6H2,1-3H3,(H,16,17). The Morgan fingerprint density at radius 2 is 2.39 bits per heavy atom. The van der Waals surface area contributed by atoms with Gasteiger partial charge >= 0.3 is 0 Å². The lowest BCUT2D eigenvalue weighted by Gasteiger charge is -2.32. The van der Waals surface area contributed by atoms with Gasteiger partial charge in [0.2, 0.25) is 5.91 Å². The van der Waals surface area contributed by atoms with Gasteiger partial charge in [-0.1, -0.05) is 6.92 Å². The smallest absolute Gasteiger partial charge is 0.238 e. The Bertz CT molecular complexity index is 402. The van der Waals surface area contributed by atoms with Crippen LogP contribution in [0.5, 0.6) is 0 Å². The number of rotatable bonds is 3. The summed E-state index contributed by atoms with van der Waals surface area (Å²) in [4.78, 5) is 16.6. The SMILES string of the molecule is CC1CCCNC1C(=O)NC(C)(C)c1nccs1. The average molecular weight is 267 g/mol. The normalized spacial score (nSPS) is 24.8. The van der Waals surface area contributed by atoms with E-state index in [-0.39, 0.29) is 11.9 Å². The van der Waals surface area contributed by atoms with Crippen molar-refractivity contribution >= 4 is 17.2 Å². The highest BCUT2D eigenvalue weighted by Crippen LogP contribution is 2.23. The summed E-state index contributed by atoms with van der Waals surface area (Å²) < 4.78 is 0. The molecule has 0 aliphatic carbocycles. The topological polar surface area (TPSA) is 54.0 Å². The highest BCUT2D eigenvalue weighted by atomic mass is 32.1. The summed E-state index contributed by atoms with van der Waals surface area (Å²) in [6, 6.07) is -0.0713. The molecule has 2 rings (SSSR count). The maximum Gasteiger partial charge on any atom is 0.238 e. The molecule has 1 aliphatic heterocycles. The number of hydrogen-bond donors (Lipinski definition) is 2. The molecule has 2 atom stereocenters. The molecule has 1 fully saturated rings. The minimum Gasteiger partial charge on any atom is -0.343 e. The molecule has 0 aromatic carbocycles. The van der Waals surface area contributed by atoms with Gasteiger partial charge in [0.25, 0.3) is 0 Å². The zero-order valence-electron chi connectivity index (χ0n) is 11.2. The van der Waals surface area contributed by atoms with Gasteiger partial charge in [-0.25, -0.2) is 4.98 Å². The Balaban J connectivity index is 2.02. The van der Waals surface area contributed by atoms with Crippen LogP contribution in [0.1, 0.15) is 38.6 Å². The summed E-state index contributed by atoms with van der Waals surface area (Å²) in [7, 11) is 0. The maximum atomic E-state index is 12.3. The Morgan fingerprint density at radius 1 is 1.61 bits per heavy atom. The molecule has 0 radical (unpaired) electrons. The van der Waals surface area contributed by atoms with E-state index in [9.17, 15) is 4.79 Å². The molecule has 18 heavy (non-hydrogen) atoms. The number of hydrogen-bond acceptors (Lipinski definition) is 4. The number of piperidine rings is 1. The molecule has 1 aromatic heterocycles. The van der Waals surface area contributed by atoms with E-state index in [2.05, 4.69) is 22.5 Å². The molecule has 2 N–H and O–H groups in total. The fourth-order valence-corrected chi connectivity index (χ4v) is 3.09. The van der Waals surface area contributed by atoms with E-state index in [1.54, 1.807) is 17.5 Å². The molecule has 1 amide bonds. The molecule has 5 heteroatoms. The summed E-state index contributed by atoms with van der Waals surface area (Å²) in [5.74, 6) is 0.480. The molecule has 1 aliphatic rings. The van der Waals surface area contributed by atoms with Crippen molar-refractivity contribution in [2.24, 2.45) is 5.92 Å². The zero-order chi connectivity index (χ0) is 13.2. The number of aromatic nitrogens is 1. The number of nitrogens with zero attached hydrogens (tertiary/aromatic N) is 1. The maximum absolute atomic E-state index is 12.3. The van der Waals surface area contributed by atoms with E-state index in [0.717, 1.165) is 24.4 Å². The summed E-state index contributed by atoms with van der Waals surface area (Å²) in [6.45, 7) is 7.06. The zero-order valence-corrected chi connectivity index (χ0v) is 12.0. The summed E-state index contributed by atoms with van der Waals surface area (Å²) in [5, 5.41) is 9.29. The van der Waals surface area contributed by atoms with Gasteiger partial charge in [-0.2, -0.15) is 0 Å². The number of amides is 1. The van der Waals surface area contributed by atoms with Crippen LogP contribution in [-0.2, 0) is 10.3 Å². The van der Waals surface area contributed by atoms with Gasteiger partial charge in [0.05, 0.1) is 11.6 Å². The van der Waals surface area contributed by atoms with Crippen LogP contribution in [0.25, 0.3) is 0 Å². The average Bonchev–Trinajstić information content (AvgIpc) is 2.82. The van der Waals surface area contributed by atoms with Crippen molar-refractivity contribution in [1.82, 2.24) is 15.6 Å². The lowest BCUT2D eigenvalue weighted by molar-refractivity contribution is -0.126. The first-order valence-electron chi connectivity index (χ1n) is 6.46. The first-order valence-corrected chi connectivity index (χ1v) is 7.34. The van der Waals surface area contributed by atoms with Gasteiger partial charge in [-0.3, -0.25) is 4.79 Å². The molecule has 0 saturated carbocycles. The monoisotopic (exact) mass is 267 g/mol. The van der Waals surface area contributed by atoms with Gasteiger partial charge in [-0.15, -0.1) is 11.3 Å². The third-order valence-electron chi connectivity index (χ3n) is 3.45. The summed E-state index contributed by atoms with van der Waals surface area (Å²) >= 11 is 1.57. The van der Waals surface area contributed by atoms with Gasteiger partial charge in [0.1, 0.15) is 5.01 Å². The Kier molecular flexibility index (Phi) is 4.02. The summed E-state index contributed by atoms with van der Waals surface area (Å²) in [6.07, 6.45) is 4.04. The Morgan fingerprint density at radius 3 is 3.00 bits per heavy atom. The van der Waals surface area contributed by atoms with Crippen molar-refractivity contribution in [2.75, 3.05) is 6.54 Å². The summed E-state index contributed by atoms with van der Waals surface area (Å²) in [5.41, 5.74) is -0.399. The number of carbonyl (C=O) groups excluding carboxylic acids is 1. The van der Waals surface area contributed by atoms with E-state index in [1.165, 1.54) is 0 Å². The van der Waals surface area contributed by atoms with E-state index in [4.69, 9.17) is 0 Å². The van der Waals surface area contributed by atoms with Gasteiger partial charge in [-0.05, 0) is 39.2 Å². The van der Waals surface area contributed by atoms with Crippen LogP contribution < -0.4 is 10.6 Å². The Hall–Kier alpha value is -0.940. The molecule has 0 bridgehead atoms. The van der Waals surface area contributed by atoms with Crippen molar-refractivity contribution in [3.63, 3.8) is 0 Å². The van der Waals surface area contributed by atoms with Gasteiger partial charge in [0.15, 0.2) is 0 Å². The second-order valence-electron chi connectivity index (χ2n) is 5.50. The fourth-order valence-electron chi connectivity index (χ4n) is 2.37. The lowest BCUT2D eigenvalue weighted by atomic mass is 9.91. The van der Waals surface area contributed by atoms with Crippen LogP contribution in [0.3, 0.4) is 0 Å². The van der Waals surface area contributed by atoms with Crippen molar-refractivity contribution in [2.45, 2.75) is 45.2 Å².